The highest BCUT2D eigenvalue weighted by atomic mass is 16.5. The van der Waals surface area contributed by atoms with Crippen LogP contribution in [-0.2, 0) is 10.2 Å². The lowest BCUT2D eigenvalue weighted by Crippen LogP contribution is -2.26. The van der Waals surface area contributed by atoms with Crippen molar-refractivity contribution < 1.29 is 9.32 Å². The van der Waals surface area contributed by atoms with Crippen molar-refractivity contribution in [3.8, 4) is 0 Å². The molecule has 2 aromatic rings. The molecule has 2 heterocycles. The second-order valence-corrected chi connectivity index (χ2v) is 7.86. The molecule has 1 atom stereocenters. The number of carbonyl (C=O) groups is 1. The van der Waals surface area contributed by atoms with Gasteiger partial charge in [0.15, 0.2) is 5.82 Å². The first-order valence-electron chi connectivity index (χ1n) is 8.39. The average molecular weight is 327 g/mol. The summed E-state index contributed by atoms with van der Waals surface area (Å²) >= 11 is 0. The molecule has 1 fully saturated rings. The third-order valence-electron chi connectivity index (χ3n) is 4.49. The third kappa shape index (κ3) is 2.95. The summed E-state index contributed by atoms with van der Waals surface area (Å²) in [5.74, 6) is 1.33. The standard InChI is InChI=1S/C19H25N3O2/c1-11-7-12(2)16(13(3)8-11)22-10-14(9-15(22)23)17-20-18(21-24-17)19(4,5)6/h7-8,14H,9-10H2,1-6H3. The number of benzene rings is 1. The van der Waals surface area contributed by atoms with Crippen LogP contribution in [0.25, 0.3) is 0 Å². The van der Waals surface area contributed by atoms with Gasteiger partial charge in [-0.25, -0.2) is 0 Å². The minimum Gasteiger partial charge on any atom is -0.339 e. The van der Waals surface area contributed by atoms with Gasteiger partial charge in [0.25, 0.3) is 0 Å². The van der Waals surface area contributed by atoms with Crippen molar-refractivity contribution in [2.45, 2.75) is 59.3 Å². The zero-order valence-corrected chi connectivity index (χ0v) is 15.3. The molecule has 3 rings (SSSR count). The lowest BCUT2D eigenvalue weighted by molar-refractivity contribution is -0.117. The molecule has 0 N–H and O–H groups in total. The topological polar surface area (TPSA) is 59.2 Å². The molecule has 0 bridgehead atoms. The fourth-order valence-corrected chi connectivity index (χ4v) is 3.39. The fourth-order valence-electron chi connectivity index (χ4n) is 3.39. The summed E-state index contributed by atoms with van der Waals surface area (Å²) in [6, 6.07) is 4.24. The molecular weight excluding hydrogens is 302 g/mol. The number of nitrogens with zero attached hydrogens (tertiary/aromatic N) is 3. The molecule has 0 aliphatic carbocycles. The quantitative estimate of drug-likeness (QED) is 0.841. The van der Waals surface area contributed by atoms with E-state index in [1.54, 1.807) is 0 Å². The van der Waals surface area contributed by atoms with Crippen LogP contribution in [0.1, 0.15) is 61.5 Å². The Morgan fingerprint density at radius 2 is 1.79 bits per heavy atom. The highest BCUT2D eigenvalue weighted by molar-refractivity contribution is 5.97. The van der Waals surface area contributed by atoms with E-state index in [0.29, 0.717) is 24.7 Å². The monoisotopic (exact) mass is 327 g/mol. The number of hydrogen-bond donors (Lipinski definition) is 0. The second-order valence-electron chi connectivity index (χ2n) is 7.86. The van der Waals surface area contributed by atoms with E-state index in [9.17, 15) is 4.79 Å². The molecular formula is C19H25N3O2. The Morgan fingerprint density at radius 3 is 2.33 bits per heavy atom. The number of rotatable bonds is 2. The van der Waals surface area contributed by atoms with E-state index < -0.39 is 0 Å². The van der Waals surface area contributed by atoms with Gasteiger partial charge in [-0.05, 0) is 31.9 Å². The number of aryl methyl sites for hydroxylation is 3. The molecule has 1 aliphatic rings. The minimum atomic E-state index is -0.159. The molecule has 5 nitrogen and oxygen atoms in total. The van der Waals surface area contributed by atoms with Gasteiger partial charge in [-0.2, -0.15) is 4.98 Å². The number of hydrogen-bond acceptors (Lipinski definition) is 4. The van der Waals surface area contributed by atoms with Crippen LogP contribution in [0.4, 0.5) is 5.69 Å². The Morgan fingerprint density at radius 1 is 1.17 bits per heavy atom. The second kappa shape index (κ2) is 5.72. The van der Waals surface area contributed by atoms with Gasteiger partial charge in [-0.3, -0.25) is 4.79 Å². The highest BCUT2D eigenvalue weighted by Gasteiger charge is 2.37. The smallest absolute Gasteiger partial charge is 0.232 e. The van der Waals surface area contributed by atoms with Gasteiger partial charge in [0.1, 0.15) is 0 Å². The summed E-state index contributed by atoms with van der Waals surface area (Å²) in [6.45, 7) is 12.9. The van der Waals surface area contributed by atoms with Crippen LogP contribution >= 0.6 is 0 Å². The molecule has 1 aliphatic heterocycles. The molecule has 24 heavy (non-hydrogen) atoms. The summed E-state index contributed by atoms with van der Waals surface area (Å²) in [5.41, 5.74) is 4.32. The molecule has 0 spiro atoms. The van der Waals surface area contributed by atoms with Crippen molar-refractivity contribution in [1.29, 1.82) is 0 Å². The zero-order valence-electron chi connectivity index (χ0n) is 15.3. The van der Waals surface area contributed by atoms with Crippen LogP contribution in [0.2, 0.25) is 0 Å². The fraction of sp³-hybridized carbons (Fsp3) is 0.526. The van der Waals surface area contributed by atoms with Crippen LogP contribution < -0.4 is 4.90 Å². The van der Waals surface area contributed by atoms with Crippen LogP contribution in [-0.4, -0.2) is 22.6 Å². The largest absolute Gasteiger partial charge is 0.339 e. The first-order chi connectivity index (χ1) is 11.2. The Bertz CT molecular complexity index is 763. The van der Waals surface area contributed by atoms with E-state index in [-0.39, 0.29) is 17.2 Å². The highest BCUT2D eigenvalue weighted by Crippen LogP contribution is 2.35. The van der Waals surface area contributed by atoms with Gasteiger partial charge in [0.2, 0.25) is 11.8 Å². The lowest BCUT2D eigenvalue weighted by Gasteiger charge is -2.22. The number of carbonyl (C=O) groups excluding carboxylic acids is 1. The van der Waals surface area contributed by atoms with Crippen LogP contribution in [0.5, 0.6) is 0 Å². The molecule has 1 unspecified atom stereocenters. The van der Waals surface area contributed by atoms with Crippen molar-refractivity contribution >= 4 is 11.6 Å². The minimum absolute atomic E-state index is 0.0406. The maximum Gasteiger partial charge on any atom is 0.232 e. The van der Waals surface area contributed by atoms with E-state index in [0.717, 1.165) is 16.8 Å². The maximum absolute atomic E-state index is 12.6. The van der Waals surface area contributed by atoms with Crippen molar-refractivity contribution in [3.63, 3.8) is 0 Å². The van der Waals surface area contributed by atoms with Gasteiger partial charge >= 0.3 is 0 Å². The number of anilines is 1. The van der Waals surface area contributed by atoms with Gasteiger partial charge < -0.3 is 9.42 Å². The van der Waals surface area contributed by atoms with E-state index in [2.05, 4.69) is 43.0 Å². The predicted octanol–water partition coefficient (Wildman–Crippen LogP) is 3.81. The lowest BCUT2D eigenvalue weighted by atomic mass is 9.96. The van der Waals surface area contributed by atoms with Crippen molar-refractivity contribution in [1.82, 2.24) is 10.1 Å². The van der Waals surface area contributed by atoms with Crippen LogP contribution in [0.15, 0.2) is 16.7 Å². The Balaban J connectivity index is 1.88. The molecule has 1 aromatic carbocycles. The SMILES string of the molecule is Cc1cc(C)c(N2CC(c3nc(C(C)(C)C)no3)CC2=O)c(C)c1. The first-order valence-corrected chi connectivity index (χ1v) is 8.39. The normalized spacial score (nSPS) is 18.5. The summed E-state index contributed by atoms with van der Waals surface area (Å²) in [6.07, 6.45) is 0.415. The summed E-state index contributed by atoms with van der Waals surface area (Å²) < 4.78 is 5.45. The maximum atomic E-state index is 12.6. The summed E-state index contributed by atoms with van der Waals surface area (Å²) in [5, 5.41) is 4.09. The van der Waals surface area contributed by atoms with Gasteiger partial charge in [-0.1, -0.05) is 43.6 Å². The third-order valence-corrected chi connectivity index (χ3v) is 4.49. The molecule has 1 saturated heterocycles. The molecule has 0 radical (unpaired) electrons. The molecule has 1 aromatic heterocycles. The van der Waals surface area contributed by atoms with E-state index >= 15 is 0 Å². The molecule has 1 amide bonds. The van der Waals surface area contributed by atoms with E-state index in [1.165, 1.54) is 5.56 Å². The van der Waals surface area contributed by atoms with E-state index in [1.807, 2.05) is 25.7 Å². The molecule has 128 valence electrons. The average Bonchev–Trinajstić information content (AvgIpc) is 3.04. The summed E-state index contributed by atoms with van der Waals surface area (Å²) in [7, 11) is 0. The Hall–Kier alpha value is -2.17. The van der Waals surface area contributed by atoms with Crippen molar-refractivity contribution in [2.75, 3.05) is 11.4 Å². The summed E-state index contributed by atoms with van der Waals surface area (Å²) in [4.78, 5) is 19.0. The van der Waals surface area contributed by atoms with E-state index in [4.69, 9.17) is 4.52 Å². The number of amides is 1. The number of aromatic nitrogens is 2. The van der Waals surface area contributed by atoms with Gasteiger partial charge in [-0.15, -0.1) is 0 Å². The van der Waals surface area contributed by atoms with Gasteiger partial charge in [0, 0.05) is 24.1 Å². The molecule has 5 heteroatoms. The Labute approximate surface area is 143 Å². The zero-order chi connectivity index (χ0) is 17.6. The molecule has 0 saturated carbocycles. The van der Waals surface area contributed by atoms with Crippen LogP contribution in [0.3, 0.4) is 0 Å². The first kappa shape index (κ1) is 16.7. The predicted molar refractivity (Wildman–Crippen MR) is 93.4 cm³/mol. The van der Waals surface area contributed by atoms with Crippen molar-refractivity contribution in [3.05, 3.63) is 40.5 Å². The van der Waals surface area contributed by atoms with Gasteiger partial charge in [0.05, 0.1) is 5.92 Å². The van der Waals surface area contributed by atoms with Crippen LogP contribution in [0, 0.1) is 20.8 Å². The van der Waals surface area contributed by atoms with Crippen molar-refractivity contribution in [2.24, 2.45) is 0 Å². The Kier molecular flexibility index (Phi) is 3.98.